The molecule has 0 saturated heterocycles. The van der Waals surface area contributed by atoms with Crippen LogP contribution in [0, 0.1) is 0 Å². The Kier molecular flexibility index (Phi) is 4.16. The van der Waals surface area contributed by atoms with Gasteiger partial charge >= 0.3 is 5.97 Å². The number of nitrogens with zero attached hydrogens (tertiary/aromatic N) is 1. The Morgan fingerprint density at radius 2 is 2.44 bits per heavy atom. The van der Waals surface area contributed by atoms with Gasteiger partial charge in [0.1, 0.15) is 10.6 Å². The second-order valence-electron chi connectivity index (χ2n) is 3.43. The number of carbonyl (C=O) groups excluding carboxylic acids is 1. The number of thiophene rings is 1. The van der Waals surface area contributed by atoms with E-state index in [2.05, 4.69) is 9.69 Å². The maximum absolute atomic E-state index is 11.7. The lowest BCUT2D eigenvalue weighted by atomic mass is 10.3. The molecule has 0 aromatic carbocycles. The van der Waals surface area contributed by atoms with Gasteiger partial charge in [0.25, 0.3) is 0 Å². The number of nitrogen functional groups attached to an aromatic ring is 1. The normalized spacial score (nSPS) is 10.3. The van der Waals surface area contributed by atoms with Gasteiger partial charge in [0.2, 0.25) is 0 Å². The van der Waals surface area contributed by atoms with Gasteiger partial charge in [-0.2, -0.15) is 4.37 Å². The maximum atomic E-state index is 11.7. The molecule has 0 aliphatic heterocycles. The molecular formula is C11H13N3O2S2. The average molecular weight is 283 g/mol. The van der Waals surface area contributed by atoms with Crippen molar-refractivity contribution in [2.24, 2.45) is 0 Å². The van der Waals surface area contributed by atoms with Crippen molar-refractivity contribution in [1.82, 2.24) is 4.37 Å². The predicted octanol–water partition coefficient (Wildman–Crippen LogP) is 2.58. The van der Waals surface area contributed by atoms with Gasteiger partial charge in [0.15, 0.2) is 5.82 Å². The van der Waals surface area contributed by atoms with Gasteiger partial charge in [-0.05, 0) is 29.9 Å². The van der Waals surface area contributed by atoms with Crippen molar-refractivity contribution in [1.29, 1.82) is 0 Å². The van der Waals surface area contributed by atoms with E-state index < -0.39 is 5.97 Å². The smallest absolute Gasteiger partial charge is 0.344 e. The number of anilines is 2. The van der Waals surface area contributed by atoms with Gasteiger partial charge in [0, 0.05) is 4.88 Å². The highest BCUT2D eigenvalue weighted by atomic mass is 32.1. The van der Waals surface area contributed by atoms with Crippen LogP contribution in [0.4, 0.5) is 10.8 Å². The highest BCUT2D eigenvalue weighted by molar-refractivity contribution is 7.11. The Hall–Kier alpha value is -1.60. The second-order valence-corrected chi connectivity index (χ2v) is 5.23. The molecule has 7 heteroatoms. The minimum absolute atomic E-state index is 0.215. The summed E-state index contributed by atoms with van der Waals surface area (Å²) in [5.74, 6) is -0.218. The number of esters is 1. The van der Waals surface area contributed by atoms with E-state index in [0.717, 1.165) is 0 Å². The second kappa shape index (κ2) is 5.83. The minimum atomic E-state index is -0.433. The molecule has 0 spiro atoms. The van der Waals surface area contributed by atoms with Crippen LogP contribution in [-0.2, 0) is 11.3 Å². The Balaban J connectivity index is 2.10. The Morgan fingerprint density at radius 3 is 3.11 bits per heavy atom. The lowest BCUT2D eigenvalue weighted by Crippen LogP contribution is -2.09. The van der Waals surface area contributed by atoms with Gasteiger partial charge in [0.05, 0.1) is 13.2 Å². The van der Waals surface area contributed by atoms with E-state index in [0.29, 0.717) is 23.7 Å². The first-order valence-electron chi connectivity index (χ1n) is 5.41. The maximum Gasteiger partial charge on any atom is 0.344 e. The Labute approximate surface area is 113 Å². The zero-order valence-corrected chi connectivity index (χ0v) is 11.4. The highest BCUT2D eigenvalue weighted by Crippen LogP contribution is 2.28. The molecule has 0 atom stereocenters. The molecule has 0 fully saturated rings. The Morgan fingerprint density at radius 1 is 1.61 bits per heavy atom. The number of hydrogen-bond donors (Lipinski definition) is 2. The molecule has 0 aliphatic rings. The Bertz CT molecular complexity index is 522. The van der Waals surface area contributed by atoms with Crippen molar-refractivity contribution in [2.75, 3.05) is 17.7 Å². The van der Waals surface area contributed by atoms with Crippen molar-refractivity contribution in [3.05, 3.63) is 28.0 Å². The third-order valence-electron chi connectivity index (χ3n) is 2.20. The number of hydrogen-bond acceptors (Lipinski definition) is 7. The van der Waals surface area contributed by atoms with Crippen molar-refractivity contribution in [2.45, 2.75) is 13.5 Å². The minimum Gasteiger partial charge on any atom is -0.462 e. The van der Waals surface area contributed by atoms with E-state index in [1.165, 1.54) is 16.4 Å². The number of ether oxygens (including phenoxy) is 1. The highest BCUT2D eigenvalue weighted by Gasteiger charge is 2.20. The van der Waals surface area contributed by atoms with Crippen molar-refractivity contribution in [3.8, 4) is 0 Å². The number of nitrogens with two attached hydrogens (primary N) is 1. The van der Waals surface area contributed by atoms with E-state index in [4.69, 9.17) is 10.5 Å². The molecule has 96 valence electrons. The zero-order chi connectivity index (χ0) is 13.0. The standard InChI is InChI=1S/C11H13N3O2S2/c1-2-16-11(15)8-9(12)14-18-10(8)13-6-7-4-3-5-17-7/h3-5,13H,2,6H2,1H3,(H2,12,14). The van der Waals surface area contributed by atoms with Crippen LogP contribution >= 0.6 is 22.9 Å². The van der Waals surface area contributed by atoms with Crippen LogP contribution in [0.5, 0.6) is 0 Å². The first-order valence-corrected chi connectivity index (χ1v) is 7.06. The molecule has 2 rings (SSSR count). The van der Waals surface area contributed by atoms with Gasteiger partial charge in [-0.3, -0.25) is 0 Å². The summed E-state index contributed by atoms with van der Waals surface area (Å²) < 4.78 is 8.93. The van der Waals surface area contributed by atoms with Crippen LogP contribution in [0.15, 0.2) is 17.5 Å². The summed E-state index contributed by atoms with van der Waals surface area (Å²) in [5, 5.41) is 5.82. The SMILES string of the molecule is CCOC(=O)c1c(N)nsc1NCc1cccs1. The number of nitrogens with one attached hydrogen (secondary N) is 1. The number of carbonyl (C=O) groups is 1. The van der Waals surface area contributed by atoms with Crippen LogP contribution in [0.1, 0.15) is 22.2 Å². The third-order valence-corrected chi connectivity index (χ3v) is 3.90. The van der Waals surface area contributed by atoms with Gasteiger partial charge in [-0.1, -0.05) is 6.07 Å². The molecule has 0 bridgehead atoms. The number of aromatic nitrogens is 1. The molecule has 18 heavy (non-hydrogen) atoms. The van der Waals surface area contributed by atoms with E-state index >= 15 is 0 Å². The van der Waals surface area contributed by atoms with Gasteiger partial charge in [-0.25, -0.2) is 4.79 Å². The van der Waals surface area contributed by atoms with Gasteiger partial charge in [-0.15, -0.1) is 11.3 Å². The quantitative estimate of drug-likeness (QED) is 0.825. The van der Waals surface area contributed by atoms with Crippen molar-refractivity contribution >= 4 is 39.7 Å². The van der Waals surface area contributed by atoms with E-state index in [1.807, 2.05) is 17.5 Å². The molecule has 3 N–H and O–H groups in total. The van der Waals surface area contributed by atoms with E-state index in [9.17, 15) is 4.79 Å². The summed E-state index contributed by atoms with van der Waals surface area (Å²) in [6, 6.07) is 4.00. The molecule has 2 heterocycles. The van der Waals surface area contributed by atoms with Crippen LogP contribution in [0.2, 0.25) is 0 Å². The fraction of sp³-hybridized carbons (Fsp3) is 0.273. The van der Waals surface area contributed by atoms with Gasteiger partial charge < -0.3 is 15.8 Å². The summed E-state index contributed by atoms with van der Waals surface area (Å²) in [7, 11) is 0. The molecular weight excluding hydrogens is 270 g/mol. The number of rotatable bonds is 5. The third kappa shape index (κ3) is 2.80. The lowest BCUT2D eigenvalue weighted by molar-refractivity contribution is 0.0529. The molecule has 0 saturated carbocycles. The molecule has 2 aromatic rings. The zero-order valence-electron chi connectivity index (χ0n) is 9.80. The van der Waals surface area contributed by atoms with Crippen molar-refractivity contribution < 1.29 is 9.53 Å². The van der Waals surface area contributed by atoms with Crippen LogP contribution in [-0.4, -0.2) is 16.9 Å². The summed E-state index contributed by atoms with van der Waals surface area (Å²) in [4.78, 5) is 12.9. The molecule has 0 radical (unpaired) electrons. The topological polar surface area (TPSA) is 77.2 Å². The molecule has 0 unspecified atom stereocenters. The first kappa shape index (κ1) is 12.8. The fourth-order valence-electron chi connectivity index (χ4n) is 1.40. The average Bonchev–Trinajstić information content (AvgIpc) is 2.96. The first-order chi connectivity index (χ1) is 8.72. The summed E-state index contributed by atoms with van der Waals surface area (Å²) >= 11 is 2.82. The largest absolute Gasteiger partial charge is 0.462 e. The summed E-state index contributed by atoms with van der Waals surface area (Å²) in [6.07, 6.45) is 0. The molecule has 0 amide bonds. The summed E-state index contributed by atoms with van der Waals surface area (Å²) in [5.41, 5.74) is 6.01. The van der Waals surface area contributed by atoms with Crippen LogP contribution in [0.25, 0.3) is 0 Å². The predicted molar refractivity (Wildman–Crippen MR) is 74.1 cm³/mol. The van der Waals surface area contributed by atoms with Crippen molar-refractivity contribution in [3.63, 3.8) is 0 Å². The molecule has 0 aliphatic carbocycles. The van der Waals surface area contributed by atoms with Crippen LogP contribution < -0.4 is 11.1 Å². The fourth-order valence-corrected chi connectivity index (χ4v) is 2.75. The molecule has 5 nitrogen and oxygen atoms in total. The van der Waals surface area contributed by atoms with Crippen LogP contribution in [0.3, 0.4) is 0 Å². The van der Waals surface area contributed by atoms with E-state index in [1.54, 1.807) is 18.3 Å². The molecule has 2 aromatic heterocycles. The summed E-state index contributed by atoms with van der Waals surface area (Å²) in [6.45, 7) is 2.72. The monoisotopic (exact) mass is 283 g/mol. The lowest BCUT2D eigenvalue weighted by Gasteiger charge is -2.05. The van der Waals surface area contributed by atoms with E-state index in [-0.39, 0.29) is 5.82 Å².